The highest BCUT2D eigenvalue weighted by Crippen LogP contribution is 2.45. The molecular weight excluding hydrogens is 528 g/mol. The number of aliphatic hydroxyl groups excluding tert-OH is 1. The van der Waals surface area contributed by atoms with Crippen molar-refractivity contribution in [2.75, 3.05) is 24.7 Å². The van der Waals surface area contributed by atoms with Crippen molar-refractivity contribution in [1.29, 1.82) is 0 Å². The van der Waals surface area contributed by atoms with Gasteiger partial charge in [-0.3, -0.25) is 14.5 Å². The largest absolute Gasteiger partial charge is 0.507 e. The lowest BCUT2D eigenvalue weighted by Gasteiger charge is -2.23. The molecule has 1 amide bonds. The number of Topliss-reactive ketones (excluding diaryl/α,β-unsaturated/α-hetero) is 1. The van der Waals surface area contributed by atoms with E-state index in [0.29, 0.717) is 64.8 Å². The van der Waals surface area contributed by atoms with Gasteiger partial charge in [0.15, 0.2) is 16.6 Å². The first-order valence-corrected chi connectivity index (χ1v) is 14.0. The van der Waals surface area contributed by atoms with E-state index in [-0.39, 0.29) is 11.3 Å². The van der Waals surface area contributed by atoms with E-state index in [1.165, 1.54) is 16.2 Å². The van der Waals surface area contributed by atoms with Crippen LogP contribution >= 0.6 is 11.3 Å². The summed E-state index contributed by atoms with van der Waals surface area (Å²) >= 11 is 1.30. The molecule has 1 aromatic heterocycles. The molecule has 1 fully saturated rings. The molecule has 1 N–H and O–H groups in total. The van der Waals surface area contributed by atoms with Crippen LogP contribution in [0.1, 0.15) is 49.4 Å². The lowest BCUT2D eigenvalue weighted by Crippen LogP contribution is -2.29. The number of fused-ring (bicyclic) bond motifs is 2. The predicted octanol–water partition coefficient (Wildman–Crippen LogP) is 6.22. The van der Waals surface area contributed by atoms with E-state index < -0.39 is 17.7 Å². The molecule has 3 aromatic carbocycles. The Bertz CT molecular complexity index is 1660. The summed E-state index contributed by atoms with van der Waals surface area (Å²) in [6.45, 7) is 7.45. The molecule has 4 aromatic rings. The molecule has 0 saturated carbocycles. The maximum Gasteiger partial charge on any atom is 0.301 e. The second-order valence-corrected chi connectivity index (χ2v) is 10.9. The molecule has 6 rings (SSSR count). The molecule has 3 heterocycles. The van der Waals surface area contributed by atoms with Gasteiger partial charge in [0.1, 0.15) is 24.7 Å². The second kappa shape index (κ2) is 10.3. The zero-order valence-electron chi connectivity index (χ0n) is 22.3. The van der Waals surface area contributed by atoms with Crippen LogP contribution in [0.3, 0.4) is 0 Å². The fourth-order valence-corrected chi connectivity index (χ4v) is 6.03. The van der Waals surface area contributed by atoms with Gasteiger partial charge in [-0.05, 0) is 60.4 Å². The van der Waals surface area contributed by atoms with Gasteiger partial charge in [-0.2, -0.15) is 0 Å². The minimum Gasteiger partial charge on any atom is -0.507 e. The van der Waals surface area contributed by atoms with E-state index in [9.17, 15) is 14.7 Å². The molecule has 2 aliphatic rings. The first-order chi connectivity index (χ1) is 19.4. The predicted molar refractivity (Wildman–Crippen MR) is 154 cm³/mol. The minimum absolute atomic E-state index is 0.00626. The monoisotopic (exact) mass is 556 g/mol. The van der Waals surface area contributed by atoms with Crippen molar-refractivity contribution in [3.63, 3.8) is 0 Å². The lowest BCUT2D eigenvalue weighted by molar-refractivity contribution is -0.132. The number of hydrogen-bond donors (Lipinski definition) is 1. The Kier molecular flexibility index (Phi) is 6.67. The molecule has 40 heavy (non-hydrogen) atoms. The summed E-state index contributed by atoms with van der Waals surface area (Å²) in [4.78, 5) is 33.3. The van der Waals surface area contributed by atoms with Crippen molar-refractivity contribution >= 4 is 44.1 Å². The highest BCUT2D eigenvalue weighted by Gasteiger charge is 2.48. The molecule has 1 atom stereocenters. The number of thiazole rings is 1. The molecule has 0 aliphatic carbocycles. The van der Waals surface area contributed by atoms with E-state index in [1.54, 1.807) is 18.2 Å². The number of anilines is 1. The smallest absolute Gasteiger partial charge is 0.301 e. The summed E-state index contributed by atoms with van der Waals surface area (Å²) < 4.78 is 17.7. The van der Waals surface area contributed by atoms with Crippen LogP contribution in [0.5, 0.6) is 17.2 Å². The lowest BCUT2D eigenvalue weighted by atomic mass is 9.93. The van der Waals surface area contributed by atoms with Gasteiger partial charge in [-0.25, -0.2) is 4.98 Å². The molecule has 1 saturated heterocycles. The van der Waals surface area contributed by atoms with E-state index in [2.05, 4.69) is 13.8 Å². The van der Waals surface area contributed by atoms with Crippen molar-refractivity contribution in [2.45, 2.75) is 32.7 Å². The number of carbonyl (C=O) groups is 2. The molecule has 0 spiro atoms. The van der Waals surface area contributed by atoms with Crippen LogP contribution in [-0.2, 0) is 9.59 Å². The fourth-order valence-electron chi connectivity index (χ4n) is 5.01. The number of aliphatic hydroxyl groups is 1. The first-order valence-electron chi connectivity index (χ1n) is 13.2. The molecule has 0 bridgehead atoms. The minimum atomic E-state index is -0.874. The van der Waals surface area contributed by atoms with Gasteiger partial charge >= 0.3 is 5.91 Å². The number of hydrogen-bond acceptors (Lipinski definition) is 8. The number of aromatic nitrogens is 1. The Hall–Kier alpha value is -4.37. The summed E-state index contributed by atoms with van der Waals surface area (Å²) in [5.74, 6) is 0.230. The van der Waals surface area contributed by atoms with Crippen LogP contribution in [0.2, 0.25) is 0 Å². The van der Waals surface area contributed by atoms with Crippen molar-refractivity contribution in [3.8, 4) is 17.2 Å². The summed E-state index contributed by atoms with van der Waals surface area (Å²) in [6, 6.07) is 17.4. The fraction of sp³-hybridized carbons (Fsp3) is 0.258. The Morgan fingerprint density at radius 2 is 1.80 bits per heavy atom. The maximum absolute atomic E-state index is 13.6. The molecular formula is C31H28N2O6S. The van der Waals surface area contributed by atoms with Gasteiger partial charge in [0.2, 0.25) is 0 Å². The Balaban J connectivity index is 1.51. The third-order valence-electron chi connectivity index (χ3n) is 7.04. The highest BCUT2D eigenvalue weighted by atomic mass is 32.1. The number of benzene rings is 3. The number of nitrogens with zero attached hydrogens (tertiary/aromatic N) is 2. The number of carbonyl (C=O) groups excluding carboxylic acids is 2. The number of ketones is 1. The van der Waals surface area contributed by atoms with Gasteiger partial charge in [-0.15, -0.1) is 0 Å². The SMILES string of the molecule is CCOc1ccc2nc(N3C(=O)C(=O)C(=C(O)c4ccc5c(c4)OCCO5)C3c3ccc(C(C)C)cc3)sc2c1. The Labute approximate surface area is 235 Å². The van der Waals surface area contributed by atoms with Crippen molar-refractivity contribution in [1.82, 2.24) is 4.98 Å². The second-order valence-electron chi connectivity index (χ2n) is 9.91. The molecule has 2 aliphatic heterocycles. The average molecular weight is 557 g/mol. The topological polar surface area (TPSA) is 98.2 Å². The van der Waals surface area contributed by atoms with Crippen molar-refractivity contribution in [2.24, 2.45) is 0 Å². The van der Waals surface area contributed by atoms with Crippen molar-refractivity contribution < 1.29 is 28.9 Å². The zero-order valence-corrected chi connectivity index (χ0v) is 23.2. The number of amides is 1. The van der Waals surface area contributed by atoms with Gasteiger partial charge in [0.05, 0.1) is 28.4 Å². The van der Waals surface area contributed by atoms with Gasteiger partial charge in [0.25, 0.3) is 5.78 Å². The van der Waals surface area contributed by atoms with Crippen molar-refractivity contribution in [3.05, 3.63) is 82.9 Å². The van der Waals surface area contributed by atoms with E-state index in [0.717, 1.165) is 10.3 Å². The zero-order chi connectivity index (χ0) is 28.0. The molecule has 1 unspecified atom stereocenters. The van der Waals surface area contributed by atoms with Crippen LogP contribution in [0, 0.1) is 0 Å². The highest BCUT2D eigenvalue weighted by molar-refractivity contribution is 7.22. The molecule has 204 valence electrons. The normalized spacial score (nSPS) is 18.1. The molecule has 8 nitrogen and oxygen atoms in total. The Morgan fingerprint density at radius 3 is 2.52 bits per heavy atom. The summed E-state index contributed by atoms with van der Waals surface area (Å²) in [6.07, 6.45) is 0. The molecule has 9 heteroatoms. The van der Waals surface area contributed by atoms with Crippen LogP contribution in [0.4, 0.5) is 5.13 Å². The maximum atomic E-state index is 13.6. The van der Waals surface area contributed by atoms with Gasteiger partial charge in [-0.1, -0.05) is 49.4 Å². The summed E-state index contributed by atoms with van der Waals surface area (Å²) in [5, 5.41) is 11.9. The van der Waals surface area contributed by atoms with Gasteiger partial charge in [0, 0.05) is 5.56 Å². The van der Waals surface area contributed by atoms with E-state index in [4.69, 9.17) is 19.2 Å². The van der Waals surface area contributed by atoms with Crippen LogP contribution in [-0.4, -0.2) is 41.6 Å². The van der Waals surface area contributed by atoms with Crippen LogP contribution in [0.25, 0.3) is 16.0 Å². The summed E-state index contributed by atoms with van der Waals surface area (Å²) in [5.41, 5.74) is 2.85. The number of rotatable bonds is 6. The van der Waals surface area contributed by atoms with Crippen LogP contribution < -0.4 is 19.1 Å². The van der Waals surface area contributed by atoms with Crippen LogP contribution in [0.15, 0.2) is 66.2 Å². The third-order valence-corrected chi connectivity index (χ3v) is 8.06. The van der Waals surface area contributed by atoms with E-state index in [1.807, 2.05) is 49.4 Å². The average Bonchev–Trinajstić information content (AvgIpc) is 3.50. The van der Waals surface area contributed by atoms with E-state index >= 15 is 0 Å². The number of ether oxygens (including phenoxy) is 3. The third kappa shape index (κ3) is 4.46. The first kappa shape index (κ1) is 25.9. The molecule has 0 radical (unpaired) electrons. The Morgan fingerprint density at radius 1 is 1.05 bits per heavy atom. The standard InChI is InChI=1S/C31H28N2O6S/c1-4-37-21-10-11-22-25(16-21)40-31(32-22)33-27(19-7-5-18(6-8-19)17(2)3)26(29(35)30(33)36)28(34)20-9-12-23-24(15-20)39-14-13-38-23/h5-12,15-17,27,34H,4,13-14H2,1-3H3. The van der Waals surface area contributed by atoms with Gasteiger partial charge < -0.3 is 19.3 Å². The summed E-state index contributed by atoms with van der Waals surface area (Å²) in [7, 11) is 0. The quantitative estimate of drug-likeness (QED) is 0.171.